The van der Waals surface area contributed by atoms with Gasteiger partial charge in [-0.25, -0.2) is 0 Å². The molecule has 0 aromatic heterocycles. The lowest BCUT2D eigenvalue weighted by Gasteiger charge is -2.02. The van der Waals surface area contributed by atoms with Crippen molar-refractivity contribution >= 4 is 5.97 Å². The van der Waals surface area contributed by atoms with Crippen LogP contribution in [0.2, 0.25) is 0 Å². The number of allylic oxidation sites excluding steroid dienone is 5. The zero-order valence-corrected chi connectivity index (χ0v) is 13.2. The molecule has 3 nitrogen and oxygen atoms in total. The van der Waals surface area contributed by atoms with E-state index < -0.39 is 5.97 Å². The minimum atomic E-state index is -0.717. The number of aliphatic hydroxyl groups is 1. The first-order valence-corrected chi connectivity index (χ1v) is 8.05. The van der Waals surface area contributed by atoms with Crippen molar-refractivity contribution in [3.63, 3.8) is 0 Å². The van der Waals surface area contributed by atoms with Gasteiger partial charge in [-0.15, -0.1) is 0 Å². The van der Waals surface area contributed by atoms with Gasteiger partial charge in [-0.3, -0.25) is 4.79 Å². The van der Waals surface area contributed by atoms with E-state index in [4.69, 9.17) is 5.11 Å². The molecule has 0 unspecified atom stereocenters. The van der Waals surface area contributed by atoms with Gasteiger partial charge in [-0.2, -0.15) is 0 Å². The summed E-state index contributed by atoms with van der Waals surface area (Å²) in [7, 11) is 0. The first-order valence-electron chi connectivity index (χ1n) is 8.05. The largest absolute Gasteiger partial charge is 0.481 e. The van der Waals surface area contributed by atoms with Crippen LogP contribution in [-0.2, 0) is 4.79 Å². The highest BCUT2D eigenvalue weighted by Crippen LogP contribution is 2.04. The number of hydrogen-bond donors (Lipinski definition) is 2. The summed E-state index contributed by atoms with van der Waals surface area (Å²) < 4.78 is 0. The molecule has 0 fully saturated rings. The zero-order chi connectivity index (χ0) is 15.8. The summed E-state index contributed by atoms with van der Waals surface area (Å²) in [5.74, 6) is -0.717. The third-order valence-electron chi connectivity index (χ3n) is 3.13. The Kier molecular flexibility index (Phi) is 14.1. The molecule has 0 aromatic carbocycles. The van der Waals surface area contributed by atoms with Crippen LogP contribution in [-0.4, -0.2) is 22.3 Å². The molecule has 0 saturated carbocycles. The summed E-state index contributed by atoms with van der Waals surface area (Å²) in [6.07, 6.45) is 19.6. The summed E-state index contributed by atoms with van der Waals surface area (Å²) in [5, 5.41) is 18.1. The molecule has 0 aliphatic heterocycles. The van der Waals surface area contributed by atoms with E-state index in [1.54, 1.807) is 0 Å². The maximum absolute atomic E-state index is 10.3. The van der Waals surface area contributed by atoms with E-state index in [0.717, 1.165) is 38.5 Å². The van der Waals surface area contributed by atoms with Crippen LogP contribution in [0.15, 0.2) is 36.5 Å². The van der Waals surface area contributed by atoms with Gasteiger partial charge in [0.15, 0.2) is 0 Å². The van der Waals surface area contributed by atoms with Crippen LogP contribution in [0.4, 0.5) is 0 Å². The maximum Gasteiger partial charge on any atom is 0.303 e. The number of rotatable bonds is 13. The fourth-order valence-corrected chi connectivity index (χ4v) is 1.88. The van der Waals surface area contributed by atoms with E-state index in [-0.39, 0.29) is 12.5 Å². The van der Waals surface area contributed by atoms with Crippen molar-refractivity contribution in [1.82, 2.24) is 0 Å². The monoisotopic (exact) mass is 294 g/mol. The fourth-order valence-electron chi connectivity index (χ4n) is 1.88. The number of carboxylic acid groups (broad SMARTS) is 1. The molecule has 0 heterocycles. The van der Waals surface area contributed by atoms with Crippen LogP contribution in [0, 0.1) is 0 Å². The van der Waals surface area contributed by atoms with Gasteiger partial charge < -0.3 is 10.2 Å². The van der Waals surface area contributed by atoms with E-state index in [1.165, 1.54) is 12.8 Å². The lowest BCUT2D eigenvalue weighted by Crippen LogP contribution is -2.00. The van der Waals surface area contributed by atoms with Gasteiger partial charge in [0.25, 0.3) is 0 Å². The Balaban J connectivity index is 3.51. The number of carbonyl (C=O) groups is 1. The molecule has 3 heteroatoms. The summed E-state index contributed by atoms with van der Waals surface area (Å²) >= 11 is 0. The first kappa shape index (κ1) is 19.7. The van der Waals surface area contributed by atoms with Gasteiger partial charge in [0.05, 0.1) is 6.10 Å². The van der Waals surface area contributed by atoms with Crippen molar-refractivity contribution in [1.29, 1.82) is 0 Å². The second-order valence-corrected chi connectivity index (χ2v) is 5.22. The summed E-state index contributed by atoms with van der Waals surface area (Å²) in [6.45, 7) is 2.16. The van der Waals surface area contributed by atoms with Crippen molar-refractivity contribution in [2.24, 2.45) is 0 Å². The summed E-state index contributed by atoms with van der Waals surface area (Å²) in [4.78, 5) is 10.3. The van der Waals surface area contributed by atoms with E-state index in [0.29, 0.717) is 0 Å². The summed E-state index contributed by atoms with van der Waals surface area (Å²) in [6, 6.07) is 0. The van der Waals surface area contributed by atoms with E-state index in [1.807, 2.05) is 24.3 Å². The van der Waals surface area contributed by atoms with Crippen molar-refractivity contribution in [2.75, 3.05) is 0 Å². The fraction of sp³-hybridized carbons (Fsp3) is 0.611. The molecule has 2 N–H and O–H groups in total. The predicted octanol–water partition coefficient (Wildman–Crippen LogP) is 4.63. The number of aliphatic hydroxyl groups excluding tert-OH is 1. The number of carboxylic acids is 1. The van der Waals surface area contributed by atoms with Crippen molar-refractivity contribution < 1.29 is 15.0 Å². The Bertz CT molecular complexity index is 329. The maximum atomic E-state index is 10.3. The average molecular weight is 294 g/mol. The topological polar surface area (TPSA) is 57.5 Å². The van der Waals surface area contributed by atoms with Gasteiger partial charge in [-0.1, -0.05) is 62.6 Å². The lowest BCUT2D eigenvalue weighted by molar-refractivity contribution is -0.137. The quantitative estimate of drug-likeness (QED) is 0.296. The molecule has 0 amide bonds. The van der Waals surface area contributed by atoms with Crippen LogP contribution in [0.5, 0.6) is 0 Å². The molecule has 0 spiro atoms. The SMILES string of the molecule is CCCCC[C@H](O)/C=C/C=C\C/C=C/CCCCC(=O)O. The highest BCUT2D eigenvalue weighted by molar-refractivity contribution is 5.66. The van der Waals surface area contributed by atoms with Crippen LogP contribution < -0.4 is 0 Å². The number of aliphatic carboxylic acids is 1. The molecule has 0 radical (unpaired) electrons. The predicted molar refractivity (Wildman–Crippen MR) is 88.3 cm³/mol. The van der Waals surface area contributed by atoms with Crippen molar-refractivity contribution in [3.05, 3.63) is 36.5 Å². The van der Waals surface area contributed by atoms with Crippen LogP contribution in [0.1, 0.15) is 64.7 Å². The van der Waals surface area contributed by atoms with E-state index in [2.05, 4.69) is 19.1 Å². The molecule has 21 heavy (non-hydrogen) atoms. The summed E-state index contributed by atoms with van der Waals surface area (Å²) in [5.41, 5.74) is 0. The van der Waals surface area contributed by atoms with Crippen LogP contribution in [0.3, 0.4) is 0 Å². The van der Waals surface area contributed by atoms with Crippen molar-refractivity contribution in [2.45, 2.75) is 70.8 Å². The smallest absolute Gasteiger partial charge is 0.303 e. The Morgan fingerprint density at radius 3 is 2.57 bits per heavy atom. The molecule has 0 saturated heterocycles. The number of unbranched alkanes of at least 4 members (excludes halogenated alkanes) is 4. The Morgan fingerprint density at radius 2 is 1.86 bits per heavy atom. The Hall–Kier alpha value is -1.35. The minimum Gasteiger partial charge on any atom is -0.481 e. The molecule has 0 rings (SSSR count). The molecule has 120 valence electrons. The van der Waals surface area contributed by atoms with Gasteiger partial charge >= 0.3 is 5.97 Å². The van der Waals surface area contributed by atoms with Crippen LogP contribution in [0.25, 0.3) is 0 Å². The van der Waals surface area contributed by atoms with Crippen molar-refractivity contribution in [3.8, 4) is 0 Å². The second kappa shape index (κ2) is 15.0. The standard InChI is InChI=1S/C18H30O3/c1-2-3-11-14-17(19)15-12-9-7-5-4-6-8-10-13-16-18(20)21/h4,6-7,9,12,15,17,19H,2-3,5,8,10-11,13-14,16H2,1H3,(H,20,21)/b6-4+,9-7-,15-12+/t17-/m0/s1. The Morgan fingerprint density at radius 1 is 1.05 bits per heavy atom. The first-order chi connectivity index (χ1) is 10.2. The van der Waals surface area contributed by atoms with Gasteiger partial charge in [0.2, 0.25) is 0 Å². The molecule has 0 bridgehead atoms. The second-order valence-electron chi connectivity index (χ2n) is 5.22. The third kappa shape index (κ3) is 16.6. The highest BCUT2D eigenvalue weighted by atomic mass is 16.4. The lowest BCUT2D eigenvalue weighted by atomic mass is 10.1. The van der Waals surface area contributed by atoms with E-state index in [9.17, 15) is 9.90 Å². The van der Waals surface area contributed by atoms with Crippen LogP contribution >= 0.6 is 0 Å². The molecule has 0 aliphatic rings. The minimum absolute atomic E-state index is 0.263. The Labute approximate surface area is 129 Å². The van der Waals surface area contributed by atoms with Gasteiger partial charge in [0.1, 0.15) is 0 Å². The molecule has 0 aliphatic carbocycles. The van der Waals surface area contributed by atoms with E-state index >= 15 is 0 Å². The average Bonchev–Trinajstić information content (AvgIpc) is 2.44. The number of hydrogen-bond acceptors (Lipinski definition) is 2. The molecular weight excluding hydrogens is 264 g/mol. The molecular formula is C18H30O3. The zero-order valence-electron chi connectivity index (χ0n) is 13.2. The normalized spacial score (nSPS) is 13.6. The third-order valence-corrected chi connectivity index (χ3v) is 3.13. The highest BCUT2D eigenvalue weighted by Gasteiger charge is 1.96. The van der Waals surface area contributed by atoms with Gasteiger partial charge in [0, 0.05) is 6.42 Å². The van der Waals surface area contributed by atoms with Gasteiger partial charge in [-0.05, 0) is 32.1 Å². The molecule has 1 atom stereocenters. The molecule has 0 aromatic rings.